The van der Waals surface area contributed by atoms with Crippen LogP contribution in [0.15, 0.2) is 46.7 Å². The molecule has 11 heteroatoms. The van der Waals surface area contributed by atoms with E-state index in [0.717, 1.165) is 28.3 Å². The number of hydrogen-bond donors (Lipinski definition) is 2. The Kier molecular flexibility index (Phi) is 5.80. The van der Waals surface area contributed by atoms with Gasteiger partial charge in [-0.3, -0.25) is 9.59 Å². The maximum Gasteiger partial charge on any atom is 0.416 e. The molecule has 29 heavy (non-hydrogen) atoms. The Morgan fingerprint density at radius 2 is 2.00 bits per heavy atom. The number of hydrogen-bond acceptors (Lipinski definition) is 6. The average molecular weight is 424 g/mol. The minimum absolute atomic E-state index is 0.131. The van der Waals surface area contributed by atoms with Crippen LogP contribution in [-0.2, 0) is 6.18 Å². The van der Waals surface area contributed by atoms with Crippen LogP contribution >= 0.6 is 11.5 Å². The summed E-state index contributed by atoms with van der Waals surface area (Å²) in [5.74, 6) is -0.732. The minimum atomic E-state index is -4.49. The molecule has 7 nitrogen and oxygen atoms in total. The Hall–Kier alpha value is -3.05. The van der Waals surface area contributed by atoms with Crippen LogP contribution in [0.1, 0.15) is 22.8 Å². The molecule has 0 aliphatic heterocycles. The molecule has 0 aliphatic rings. The molecule has 0 aliphatic carbocycles. The molecule has 0 saturated heterocycles. The molecule has 0 bridgehead atoms. The number of carbonyl (C=O) groups excluding carboxylic acids is 1. The lowest BCUT2D eigenvalue weighted by Gasteiger charge is -2.13. The summed E-state index contributed by atoms with van der Waals surface area (Å²) < 4.78 is 43.3. The van der Waals surface area contributed by atoms with E-state index in [0.29, 0.717) is 11.3 Å². The number of aromatic nitrogens is 3. The number of alkyl halides is 3. The lowest BCUT2D eigenvalue weighted by Crippen LogP contribution is -2.39. The molecule has 1 unspecified atom stereocenters. The highest BCUT2D eigenvalue weighted by Crippen LogP contribution is 2.30. The van der Waals surface area contributed by atoms with Crippen molar-refractivity contribution in [1.29, 1.82) is 0 Å². The van der Waals surface area contributed by atoms with E-state index < -0.39 is 29.2 Å². The first-order chi connectivity index (χ1) is 13.7. The summed E-state index contributed by atoms with van der Waals surface area (Å²) in [5, 5.41) is 17.3. The number of nitrogens with zero attached hydrogens (tertiary/aromatic N) is 3. The summed E-state index contributed by atoms with van der Waals surface area (Å²) in [5.41, 5.74) is -1.07. The summed E-state index contributed by atoms with van der Waals surface area (Å²) in [6.07, 6.45) is -3.10. The molecule has 1 amide bonds. The van der Waals surface area contributed by atoms with Crippen LogP contribution in [0.3, 0.4) is 0 Å². The zero-order valence-corrected chi connectivity index (χ0v) is 15.8. The van der Waals surface area contributed by atoms with Crippen molar-refractivity contribution in [1.82, 2.24) is 19.5 Å². The second-order valence-corrected chi connectivity index (χ2v) is 6.83. The maximum atomic E-state index is 12.8. The van der Waals surface area contributed by atoms with E-state index in [-0.39, 0.29) is 17.9 Å². The van der Waals surface area contributed by atoms with E-state index in [1.165, 1.54) is 24.4 Å². The molecule has 2 heterocycles. The van der Waals surface area contributed by atoms with Crippen LogP contribution in [0.2, 0.25) is 0 Å². The Morgan fingerprint density at radius 3 is 2.55 bits per heavy atom. The van der Waals surface area contributed by atoms with Gasteiger partial charge in [0.25, 0.3) is 11.5 Å². The number of amides is 1. The number of carbonyl (C=O) groups is 1. The molecule has 3 aromatic rings. The lowest BCUT2D eigenvalue weighted by molar-refractivity contribution is -0.137. The van der Waals surface area contributed by atoms with Crippen molar-refractivity contribution in [2.45, 2.75) is 19.1 Å². The molecule has 1 aromatic carbocycles. The largest absolute Gasteiger partial charge is 0.416 e. The molecule has 152 valence electrons. The van der Waals surface area contributed by atoms with Crippen molar-refractivity contribution in [3.05, 3.63) is 63.4 Å². The Balaban J connectivity index is 2.12. The number of aliphatic hydroxyl groups is 1. The third-order valence-corrected chi connectivity index (χ3v) is 4.55. The molecule has 2 N–H and O–H groups in total. The SMILES string of the molecule is CC(CO)NC(=O)c1cc(-c2ccc(C(F)(F)F)cc2)nn(-c2cnsc2)c1=O. The van der Waals surface area contributed by atoms with Gasteiger partial charge in [-0.15, -0.1) is 0 Å². The smallest absolute Gasteiger partial charge is 0.394 e. The fourth-order valence-electron chi connectivity index (χ4n) is 2.45. The standard InChI is InChI=1S/C18H15F3N4O3S/c1-10(8-26)23-16(27)14-6-15(11-2-4-12(5-3-11)18(19,20)21)24-25(17(14)28)13-7-22-29-9-13/h2-7,9-10,26H,8H2,1H3,(H,23,27). The highest BCUT2D eigenvalue weighted by atomic mass is 32.1. The quantitative estimate of drug-likeness (QED) is 0.656. The molecule has 0 radical (unpaired) electrons. The predicted molar refractivity (Wildman–Crippen MR) is 100.0 cm³/mol. The monoisotopic (exact) mass is 424 g/mol. The predicted octanol–water partition coefficient (Wildman–Crippen LogP) is 2.49. The van der Waals surface area contributed by atoms with Crippen molar-refractivity contribution in [3.63, 3.8) is 0 Å². The lowest BCUT2D eigenvalue weighted by atomic mass is 10.1. The molecular weight excluding hydrogens is 409 g/mol. The van der Waals surface area contributed by atoms with Gasteiger partial charge in [0, 0.05) is 17.0 Å². The van der Waals surface area contributed by atoms with Gasteiger partial charge in [0.2, 0.25) is 0 Å². The third-order valence-electron chi connectivity index (χ3n) is 3.98. The van der Waals surface area contributed by atoms with Crippen LogP contribution in [-0.4, -0.2) is 37.8 Å². The second-order valence-electron chi connectivity index (χ2n) is 6.18. The summed E-state index contributed by atoms with van der Waals surface area (Å²) in [6, 6.07) is 4.83. The Labute approximate surface area is 166 Å². The molecular formula is C18H15F3N4O3S. The minimum Gasteiger partial charge on any atom is -0.394 e. The van der Waals surface area contributed by atoms with Crippen LogP contribution < -0.4 is 10.9 Å². The van der Waals surface area contributed by atoms with Gasteiger partial charge in [-0.25, -0.2) is 0 Å². The number of halogens is 3. The first-order valence-electron chi connectivity index (χ1n) is 8.34. The van der Waals surface area contributed by atoms with Gasteiger partial charge in [0.15, 0.2) is 0 Å². The summed E-state index contributed by atoms with van der Waals surface area (Å²) >= 11 is 1.07. The van der Waals surface area contributed by atoms with E-state index in [1.807, 2.05) is 0 Å². The average Bonchev–Trinajstić information content (AvgIpc) is 3.22. The van der Waals surface area contributed by atoms with E-state index in [4.69, 9.17) is 5.11 Å². The van der Waals surface area contributed by atoms with Crippen molar-refractivity contribution in [3.8, 4) is 16.9 Å². The van der Waals surface area contributed by atoms with Gasteiger partial charge in [0.05, 0.1) is 29.7 Å². The highest BCUT2D eigenvalue weighted by molar-refractivity contribution is 7.03. The van der Waals surface area contributed by atoms with E-state index in [1.54, 1.807) is 12.3 Å². The number of rotatable bonds is 5. The maximum absolute atomic E-state index is 12.8. The van der Waals surface area contributed by atoms with Crippen LogP contribution in [0, 0.1) is 0 Å². The van der Waals surface area contributed by atoms with E-state index >= 15 is 0 Å². The zero-order valence-electron chi connectivity index (χ0n) is 15.0. The number of aliphatic hydroxyl groups excluding tert-OH is 1. The molecule has 0 spiro atoms. The first kappa shape index (κ1) is 20.7. The van der Waals surface area contributed by atoms with E-state index in [9.17, 15) is 22.8 Å². The van der Waals surface area contributed by atoms with Gasteiger partial charge in [-0.1, -0.05) is 12.1 Å². The fraction of sp³-hybridized carbons (Fsp3) is 0.222. The number of nitrogens with one attached hydrogen (secondary N) is 1. The van der Waals surface area contributed by atoms with Crippen molar-refractivity contribution in [2.24, 2.45) is 0 Å². The van der Waals surface area contributed by atoms with Crippen molar-refractivity contribution in [2.75, 3.05) is 6.61 Å². The van der Waals surface area contributed by atoms with Gasteiger partial charge in [-0.05, 0) is 36.7 Å². The highest BCUT2D eigenvalue weighted by Gasteiger charge is 2.30. The van der Waals surface area contributed by atoms with Gasteiger partial charge in [-0.2, -0.15) is 27.3 Å². The van der Waals surface area contributed by atoms with Gasteiger partial charge >= 0.3 is 6.18 Å². The fourth-order valence-corrected chi connectivity index (χ4v) is 2.95. The topological polar surface area (TPSA) is 97.1 Å². The van der Waals surface area contributed by atoms with Crippen LogP contribution in [0.25, 0.3) is 16.9 Å². The normalized spacial score (nSPS) is 12.6. The molecule has 1 atom stereocenters. The molecule has 0 fully saturated rings. The van der Waals surface area contributed by atoms with Crippen LogP contribution in [0.4, 0.5) is 13.2 Å². The van der Waals surface area contributed by atoms with Crippen LogP contribution in [0.5, 0.6) is 0 Å². The van der Waals surface area contributed by atoms with Crippen molar-refractivity contribution < 1.29 is 23.1 Å². The Morgan fingerprint density at radius 1 is 1.31 bits per heavy atom. The molecule has 0 saturated carbocycles. The summed E-state index contributed by atoms with van der Waals surface area (Å²) in [7, 11) is 0. The number of benzene rings is 1. The first-order valence-corrected chi connectivity index (χ1v) is 9.18. The van der Waals surface area contributed by atoms with E-state index in [2.05, 4.69) is 14.8 Å². The summed E-state index contributed by atoms with van der Waals surface area (Å²) in [4.78, 5) is 25.3. The van der Waals surface area contributed by atoms with Gasteiger partial charge < -0.3 is 10.4 Å². The summed E-state index contributed by atoms with van der Waals surface area (Å²) in [6.45, 7) is 1.22. The third kappa shape index (κ3) is 4.51. The van der Waals surface area contributed by atoms with Crippen molar-refractivity contribution >= 4 is 17.4 Å². The van der Waals surface area contributed by atoms with Gasteiger partial charge in [0.1, 0.15) is 5.56 Å². The zero-order chi connectivity index (χ0) is 21.2. The molecule has 2 aromatic heterocycles. The molecule has 3 rings (SSSR count). The second kappa shape index (κ2) is 8.13. The Bertz CT molecular complexity index is 1060.